The van der Waals surface area contributed by atoms with Crippen LogP contribution in [0.3, 0.4) is 0 Å². The second kappa shape index (κ2) is 5.67. The van der Waals surface area contributed by atoms with Crippen LogP contribution >= 0.6 is 0 Å². The summed E-state index contributed by atoms with van der Waals surface area (Å²) < 4.78 is 5.33. The smallest absolute Gasteiger partial charge is 0.434 e. The molecule has 0 radical (unpaired) electrons. The standard InChI is InChI=1S/C16H21NO3/c1-12-9-13-7-5-6-8-14(13)11-19-17(10-12)15(18)20-16(2,3)4/h5-8H,1,9-11H2,2-4H3. The number of hydrogen-bond donors (Lipinski definition) is 0. The van der Waals surface area contributed by atoms with Crippen LogP contribution in [0.4, 0.5) is 4.79 Å². The molecule has 0 fully saturated rings. The van der Waals surface area contributed by atoms with Crippen LogP contribution < -0.4 is 0 Å². The lowest BCUT2D eigenvalue weighted by atomic mass is 10.0. The first kappa shape index (κ1) is 14.6. The zero-order chi connectivity index (χ0) is 14.8. The van der Waals surface area contributed by atoms with Crippen molar-refractivity contribution in [3.05, 3.63) is 47.5 Å². The largest absolute Gasteiger partial charge is 0.442 e. The maximum atomic E-state index is 12.1. The molecule has 0 saturated carbocycles. The van der Waals surface area contributed by atoms with E-state index in [1.54, 1.807) is 0 Å². The minimum absolute atomic E-state index is 0.350. The lowest BCUT2D eigenvalue weighted by molar-refractivity contribution is -0.152. The van der Waals surface area contributed by atoms with Crippen LogP contribution in [0, 0.1) is 0 Å². The fourth-order valence-corrected chi connectivity index (χ4v) is 2.02. The molecule has 20 heavy (non-hydrogen) atoms. The molecule has 1 aromatic carbocycles. The predicted molar refractivity (Wildman–Crippen MR) is 77.0 cm³/mol. The molecular weight excluding hydrogens is 254 g/mol. The first-order valence-corrected chi connectivity index (χ1v) is 6.72. The maximum absolute atomic E-state index is 12.1. The van der Waals surface area contributed by atoms with E-state index in [2.05, 4.69) is 12.6 Å². The van der Waals surface area contributed by atoms with Gasteiger partial charge in [0, 0.05) is 0 Å². The molecule has 108 valence electrons. The van der Waals surface area contributed by atoms with Crippen molar-refractivity contribution in [2.24, 2.45) is 0 Å². The Balaban J connectivity index is 2.12. The maximum Gasteiger partial charge on any atom is 0.434 e. The van der Waals surface area contributed by atoms with Gasteiger partial charge in [-0.2, -0.15) is 5.06 Å². The lowest BCUT2D eigenvalue weighted by Crippen LogP contribution is -2.38. The van der Waals surface area contributed by atoms with Crippen molar-refractivity contribution < 1.29 is 14.4 Å². The number of ether oxygens (including phenoxy) is 1. The number of carbonyl (C=O) groups excluding carboxylic acids is 1. The molecule has 0 spiro atoms. The third-order valence-electron chi connectivity index (χ3n) is 2.90. The van der Waals surface area contributed by atoms with E-state index in [9.17, 15) is 4.79 Å². The lowest BCUT2D eigenvalue weighted by Gasteiger charge is -2.29. The van der Waals surface area contributed by atoms with Gasteiger partial charge in [-0.3, -0.25) is 4.84 Å². The van der Waals surface area contributed by atoms with Gasteiger partial charge in [-0.1, -0.05) is 36.4 Å². The van der Waals surface area contributed by atoms with Gasteiger partial charge < -0.3 is 4.74 Å². The molecule has 1 heterocycles. The molecule has 2 rings (SSSR count). The normalized spacial score (nSPS) is 16.1. The zero-order valence-electron chi connectivity index (χ0n) is 12.3. The van der Waals surface area contributed by atoms with Crippen molar-refractivity contribution >= 4 is 6.09 Å². The van der Waals surface area contributed by atoms with E-state index in [-0.39, 0.29) is 0 Å². The first-order chi connectivity index (χ1) is 9.35. The predicted octanol–water partition coefficient (Wildman–Crippen LogP) is 3.47. The van der Waals surface area contributed by atoms with E-state index in [0.717, 1.165) is 17.6 Å². The molecule has 0 atom stereocenters. The quantitative estimate of drug-likeness (QED) is 0.681. The summed E-state index contributed by atoms with van der Waals surface area (Å²) in [5.41, 5.74) is 2.65. The summed E-state index contributed by atoms with van der Waals surface area (Å²) in [5, 5.41) is 1.25. The first-order valence-electron chi connectivity index (χ1n) is 6.72. The van der Waals surface area contributed by atoms with Crippen LogP contribution in [0.25, 0.3) is 0 Å². The fourth-order valence-electron chi connectivity index (χ4n) is 2.02. The molecule has 1 aliphatic heterocycles. The average Bonchev–Trinajstić information content (AvgIpc) is 2.31. The van der Waals surface area contributed by atoms with Gasteiger partial charge in [-0.05, 0) is 38.3 Å². The van der Waals surface area contributed by atoms with Crippen molar-refractivity contribution in [3.63, 3.8) is 0 Å². The molecule has 1 amide bonds. The Kier molecular flexibility index (Phi) is 4.14. The Morgan fingerprint density at radius 2 is 1.95 bits per heavy atom. The van der Waals surface area contributed by atoms with Gasteiger partial charge in [0.25, 0.3) is 0 Å². The highest BCUT2D eigenvalue weighted by Gasteiger charge is 2.25. The van der Waals surface area contributed by atoms with Crippen molar-refractivity contribution in [3.8, 4) is 0 Å². The van der Waals surface area contributed by atoms with Crippen LogP contribution in [0.15, 0.2) is 36.4 Å². The number of hydroxylamine groups is 2. The summed E-state index contributed by atoms with van der Waals surface area (Å²) in [4.78, 5) is 17.7. The summed E-state index contributed by atoms with van der Waals surface area (Å²) in [7, 11) is 0. The minimum atomic E-state index is -0.540. The second-order valence-corrected chi connectivity index (χ2v) is 5.99. The Labute approximate surface area is 119 Å². The number of rotatable bonds is 0. The van der Waals surface area contributed by atoms with Gasteiger partial charge in [-0.15, -0.1) is 0 Å². The Hall–Kier alpha value is -1.81. The molecule has 0 bridgehead atoms. The van der Waals surface area contributed by atoms with Gasteiger partial charge in [0.1, 0.15) is 12.2 Å². The van der Waals surface area contributed by atoms with E-state index < -0.39 is 11.7 Å². The molecule has 0 saturated heterocycles. The van der Waals surface area contributed by atoms with Crippen molar-refractivity contribution in [1.82, 2.24) is 5.06 Å². The topological polar surface area (TPSA) is 38.8 Å². The number of nitrogens with zero attached hydrogens (tertiary/aromatic N) is 1. The monoisotopic (exact) mass is 275 g/mol. The number of amides is 1. The van der Waals surface area contributed by atoms with E-state index >= 15 is 0 Å². The van der Waals surface area contributed by atoms with Gasteiger partial charge in [0.15, 0.2) is 0 Å². The molecule has 1 aliphatic rings. The average molecular weight is 275 g/mol. The van der Waals surface area contributed by atoms with E-state index in [4.69, 9.17) is 9.57 Å². The van der Waals surface area contributed by atoms with E-state index in [1.807, 2.05) is 39.0 Å². The van der Waals surface area contributed by atoms with Crippen LogP contribution in [-0.4, -0.2) is 23.3 Å². The highest BCUT2D eigenvalue weighted by Crippen LogP contribution is 2.20. The highest BCUT2D eigenvalue weighted by atomic mass is 16.7. The van der Waals surface area contributed by atoms with Crippen LogP contribution in [0.1, 0.15) is 31.9 Å². The summed E-state index contributed by atoms with van der Waals surface area (Å²) in [6, 6.07) is 8.03. The fraction of sp³-hybridized carbons (Fsp3) is 0.438. The Morgan fingerprint density at radius 1 is 1.30 bits per heavy atom. The van der Waals surface area contributed by atoms with Crippen LogP contribution in [-0.2, 0) is 22.6 Å². The minimum Gasteiger partial charge on any atom is -0.442 e. The summed E-state index contributed by atoms with van der Waals surface area (Å²) >= 11 is 0. The van der Waals surface area contributed by atoms with Crippen LogP contribution in [0.2, 0.25) is 0 Å². The number of hydrogen-bond acceptors (Lipinski definition) is 3. The van der Waals surface area contributed by atoms with E-state index in [0.29, 0.717) is 13.2 Å². The summed E-state index contributed by atoms with van der Waals surface area (Å²) in [5.74, 6) is 0. The molecule has 4 nitrogen and oxygen atoms in total. The third-order valence-corrected chi connectivity index (χ3v) is 2.90. The van der Waals surface area contributed by atoms with Gasteiger partial charge >= 0.3 is 6.09 Å². The third kappa shape index (κ3) is 3.84. The molecule has 0 N–H and O–H groups in total. The van der Waals surface area contributed by atoms with Crippen molar-refractivity contribution in [1.29, 1.82) is 0 Å². The number of benzene rings is 1. The molecule has 0 unspecified atom stereocenters. The highest BCUT2D eigenvalue weighted by molar-refractivity contribution is 5.67. The van der Waals surface area contributed by atoms with Crippen molar-refractivity contribution in [2.75, 3.05) is 6.54 Å². The summed E-state index contributed by atoms with van der Waals surface area (Å²) in [6.45, 7) is 10.2. The van der Waals surface area contributed by atoms with Gasteiger partial charge in [0.05, 0.1) is 6.54 Å². The Morgan fingerprint density at radius 3 is 2.60 bits per heavy atom. The van der Waals surface area contributed by atoms with Crippen molar-refractivity contribution in [2.45, 2.75) is 39.4 Å². The zero-order valence-corrected chi connectivity index (χ0v) is 12.3. The second-order valence-electron chi connectivity index (χ2n) is 5.99. The molecule has 4 heteroatoms. The van der Waals surface area contributed by atoms with E-state index in [1.165, 1.54) is 10.6 Å². The van der Waals surface area contributed by atoms with Gasteiger partial charge in [0.2, 0.25) is 0 Å². The number of carbonyl (C=O) groups is 1. The molecule has 1 aromatic rings. The molecule has 0 aromatic heterocycles. The molecular formula is C16H21NO3. The number of fused-ring (bicyclic) bond motifs is 1. The molecule has 0 aliphatic carbocycles. The summed E-state index contributed by atoms with van der Waals surface area (Å²) in [6.07, 6.45) is 0.275. The van der Waals surface area contributed by atoms with Crippen LogP contribution in [0.5, 0.6) is 0 Å². The Bertz CT molecular complexity index is 517. The van der Waals surface area contributed by atoms with Gasteiger partial charge in [-0.25, -0.2) is 4.79 Å². The SMILES string of the molecule is C=C1Cc2ccccc2CON(C(=O)OC(C)(C)C)C1.